The Morgan fingerprint density at radius 2 is 2.18 bits per heavy atom. The molecule has 0 amide bonds. The molecule has 0 spiro atoms. The molecule has 0 radical (unpaired) electrons. The second-order valence-corrected chi connectivity index (χ2v) is 6.61. The Kier molecular flexibility index (Phi) is 4.70. The van der Waals surface area contributed by atoms with Crippen LogP contribution >= 0.6 is 0 Å². The van der Waals surface area contributed by atoms with Crippen LogP contribution in [0.1, 0.15) is 25.2 Å². The fourth-order valence-corrected chi connectivity index (χ4v) is 3.51. The lowest BCUT2D eigenvalue weighted by atomic mass is 10.2. The fourth-order valence-electron chi connectivity index (χ4n) is 1.67. The molecular weight excluding hydrogens is 238 g/mol. The van der Waals surface area contributed by atoms with Gasteiger partial charge in [-0.1, -0.05) is 13.8 Å². The van der Waals surface area contributed by atoms with Crippen LogP contribution < -0.4 is 5.73 Å². The van der Waals surface area contributed by atoms with Gasteiger partial charge in [0.2, 0.25) is 0 Å². The maximum atomic E-state index is 11.9. The summed E-state index contributed by atoms with van der Waals surface area (Å²) in [6.45, 7) is 4.24. The Hall–Kier alpha value is -0.880. The molecule has 0 fully saturated rings. The molecule has 0 bridgehead atoms. The van der Waals surface area contributed by atoms with Gasteiger partial charge in [-0.3, -0.25) is 4.68 Å². The highest BCUT2D eigenvalue weighted by atomic mass is 32.2. The summed E-state index contributed by atoms with van der Waals surface area (Å²) in [5.74, 6) is 0.177. The molecule has 0 aliphatic rings. The van der Waals surface area contributed by atoms with Crippen LogP contribution in [0.25, 0.3) is 0 Å². The summed E-state index contributed by atoms with van der Waals surface area (Å²) in [4.78, 5) is 0. The zero-order valence-corrected chi connectivity index (χ0v) is 11.5. The smallest absolute Gasteiger partial charge is 0.156 e. The van der Waals surface area contributed by atoms with Crippen LogP contribution in [-0.2, 0) is 29.1 Å². The number of nitrogens with zero attached hydrogens (tertiary/aromatic N) is 2. The minimum atomic E-state index is -3.10. The molecule has 1 aromatic heterocycles. The van der Waals surface area contributed by atoms with E-state index in [0.717, 1.165) is 17.8 Å². The van der Waals surface area contributed by atoms with Gasteiger partial charge in [0.15, 0.2) is 9.84 Å². The van der Waals surface area contributed by atoms with Crippen LogP contribution in [0, 0.1) is 5.92 Å². The Labute approximate surface area is 103 Å². The van der Waals surface area contributed by atoms with Crippen LogP contribution in [0.5, 0.6) is 0 Å². The number of aryl methyl sites for hydroxylation is 2. The van der Waals surface area contributed by atoms with Crippen molar-refractivity contribution in [3.8, 4) is 0 Å². The van der Waals surface area contributed by atoms with Gasteiger partial charge in [0, 0.05) is 7.05 Å². The highest BCUT2D eigenvalue weighted by Crippen LogP contribution is 2.11. The second-order valence-electron chi connectivity index (χ2n) is 4.50. The van der Waals surface area contributed by atoms with E-state index < -0.39 is 9.84 Å². The van der Waals surface area contributed by atoms with Crippen molar-refractivity contribution < 1.29 is 8.42 Å². The number of sulfone groups is 1. The standard InChI is InChI=1S/C11H21N3O2S/c1-4-10-5-11(14(3)13-10)8-17(15,16)7-9(2)6-12/h5,9H,4,6-8,12H2,1-3H3. The van der Waals surface area contributed by atoms with E-state index in [-0.39, 0.29) is 17.4 Å². The van der Waals surface area contributed by atoms with E-state index in [2.05, 4.69) is 5.10 Å². The van der Waals surface area contributed by atoms with Crippen molar-refractivity contribution >= 4 is 9.84 Å². The van der Waals surface area contributed by atoms with Gasteiger partial charge in [0.05, 0.1) is 22.9 Å². The molecule has 0 aromatic carbocycles. The minimum Gasteiger partial charge on any atom is -0.330 e. The van der Waals surface area contributed by atoms with Crippen molar-refractivity contribution in [2.45, 2.75) is 26.0 Å². The Morgan fingerprint density at radius 1 is 1.53 bits per heavy atom. The maximum absolute atomic E-state index is 11.9. The summed E-state index contributed by atoms with van der Waals surface area (Å²) in [6.07, 6.45) is 0.813. The fraction of sp³-hybridized carbons (Fsp3) is 0.727. The van der Waals surface area contributed by atoms with Crippen molar-refractivity contribution in [3.05, 3.63) is 17.5 Å². The normalized spacial score (nSPS) is 13.9. The van der Waals surface area contributed by atoms with E-state index in [0.29, 0.717) is 6.54 Å². The quantitative estimate of drug-likeness (QED) is 0.806. The van der Waals surface area contributed by atoms with E-state index in [4.69, 9.17) is 5.73 Å². The van der Waals surface area contributed by atoms with Crippen molar-refractivity contribution in [3.63, 3.8) is 0 Å². The summed E-state index contributed by atoms with van der Waals surface area (Å²) in [5, 5.41) is 4.24. The first-order valence-electron chi connectivity index (χ1n) is 5.80. The number of hydrogen-bond acceptors (Lipinski definition) is 4. The first-order chi connectivity index (χ1) is 7.88. The van der Waals surface area contributed by atoms with E-state index in [1.165, 1.54) is 0 Å². The summed E-state index contributed by atoms with van der Waals surface area (Å²) in [6, 6.07) is 1.85. The molecule has 0 saturated heterocycles. The maximum Gasteiger partial charge on any atom is 0.156 e. The van der Waals surface area contributed by atoms with E-state index >= 15 is 0 Å². The number of hydrogen-bond donors (Lipinski definition) is 1. The third-order valence-corrected chi connectivity index (χ3v) is 4.51. The van der Waals surface area contributed by atoms with Crippen LogP contribution in [0.15, 0.2) is 6.07 Å². The van der Waals surface area contributed by atoms with Gasteiger partial charge in [-0.25, -0.2) is 8.42 Å². The van der Waals surface area contributed by atoms with Crippen molar-refractivity contribution in [1.82, 2.24) is 9.78 Å². The van der Waals surface area contributed by atoms with Gasteiger partial charge < -0.3 is 5.73 Å². The average Bonchev–Trinajstić information content (AvgIpc) is 2.58. The SMILES string of the molecule is CCc1cc(CS(=O)(=O)CC(C)CN)n(C)n1. The Balaban J connectivity index is 2.79. The molecule has 0 aliphatic heterocycles. The monoisotopic (exact) mass is 259 g/mol. The molecule has 6 heteroatoms. The molecule has 1 atom stereocenters. The van der Waals surface area contributed by atoms with Crippen molar-refractivity contribution in [2.24, 2.45) is 18.7 Å². The van der Waals surface area contributed by atoms with Gasteiger partial charge >= 0.3 is 0 Å². The first kappa shape index (κ1) is 14.2. The molecular formula is C11H21N3O2S. The van der Waals surface area contributed by atoms with Gasteiger partial charge in [-0.05, 0) is 24.9 Å². The van der Waals surface area contributed by atoms with E-state index in [1.54, 1.807) is 11.7 Å². The molecule has 1 unspecified atom stereocenters. The predicted molar refractivity (Wildman–Crippen MR) is 68.3 cm³/mol. The van der Waals surface area contributed by atoms with Gasteiger partial charge in [-0.15, -0.1) is 0 Å². The molecule has 2 N–H and O–H groups in total. The summed E-state index contributed by atoms with van der Waals surface area (Å²) in [5.41, 5.74) is 7.11. The zero-order valence-electron chi connectivity index (χ0n) is 10.7. The van der Waals surface area contributed by atoms with Crippen LogP contribution in [-0.4, -0.2) is 30.5 Å². The summed E-state index contributed by atoms with van der Waals surface area (Å²) in [7, 11) is -1.33. The minimum absolute atomic E-state index is 0.00104. The third-order valence-electron chi connectivity index (χ3n) is 2.70. The summed E-state index contributed by atoms with van der Waals surface area (Å²) >= 11 is 0. The molecule has 1 rings (SSSR count). The van der Waals surface area contributed by atoms with Crippen LogP contribution in [0.4, 0.5) is 0 Å². The first-order valence-corrected chi connectivity index (χ1v) is 7.62. The predicted octanol–water partition coefficient (Wildman–Crippen LogP) is 0.492. The molecule has 1 aromatic rings. The molecule has 5 nitrogen and oxygen atoms in total. The van der Waals surface area contributed by atoms with Crippen LogP contribution in [0.2, 0.25) is 0 Å². The van der Waals surface area contributed by atoms with Crippen LogP contribution in [0.3, 0.4) is 0 Å². The Bertz CT molecular complexity index is 465. The highest BCUT2D eigenvalue weighted by Gasteiger charge is 2.18. The summed E-state index contributed by atoms with van der Waals surface area (Å²) < 4.78 is 25.5. The highest BCUT2D eigenvalue weighted by molar-refractivity contribution is 7.90. The van der Waals surface area contributed by atoms with E-state index in [9.17, 15) is 8.42 Å². The lowest BCUT2D eigenvalue weighted by molar-refractivity contribution is 0.570. The average molecular weight is 259 g/mol. The lowest BCUT2D eigenvalue weighted by Gasteiger charge is -2.09. The molecule has 0 aliphatic carbocycles. The number of rotatable bonds is 6. The molecule has 0 saturated carbocycles. The molecule has 98 valence electrons. The topological polar surface area (TPSA) is 78.0 Å². The lowest BCUT2D eigenvalue weighted by Crippen LogP contribution is -2.22. The number of nitrogens with two attached hydrogens (primary N) is 1. The van der Waals surface area contributed by atoms with E-state index in [1.807, 2.05) is 19.9 Å². The number of aromatic nitrogens is 2. The van der Waals surface area contributed by atoms with Gasteiger partial charge in [0.25, 0.3) is 0 Å². The Morgan fingerprint density at radius 3 is 2.65 bits per heavy atom. The van der Waals surface area contributed by atoms with Crippen molar-refractivity contribution in [2.75, 3.05) is 12.3 Å². The van der Waals surface area contributed by atoms with Gasteiger partial charge in [0.1, 0.15) is 0 Å². The zero-order chi connectivity index (χ0) is 13.1. The van der Waals surface area contributed by atoms with Crippen molar-refractivity contribution in [1.29, 1.82) is 0 Å². The largest absolute Gasteiger partial charge is 0.330 e. The third kappa shape index (κ3) is 4.12. The second kappa shape index (κ2) is 5.64. The molecule has 1 heterocycles. The molecule has 17 heavy (non-hydrogen) atoms. The van der Waals surface area contributed by atoms with Gasteiger partial charge in [-0.2, -0.15) is 5.10 Å².